The first-order valence-electron chi connectivity index (χ1n) is 7.19. The van der Waals surface area contributed by atoms with Gasteiger partial charge in [0.25, 0.3) is 0 Å². The lowest BCUT2D eigenvalue weighted by molar-refractivity contribution is -0.139. The van der Waals surface area contributed by atoms with E-state index in [1.165, 1.54) is 25.7 Å². The highest BCUT2D eigenvalue weighted by molar-refractivity contribution is 5.80. The summed E-state index contributed by atoms with van der Waals surface area (Å²) in [5.74, 6) is 1.37. The first-order chi connectivity index (χ1) is 8.18. The normalized spacial score (nSPS) is 21.8. The van der Waals surface area contributed by atoms with Gasteiger partial charge < -0.3 is 10.2 Å². The third-order valence-electron chi connectivity index (χ3n) is 4.13. The van der Waals surface area contributed by atoms with Crippen LogP contribution in [0.15, 0.2) is 0 Å². The van der Waals surface area contributed by atoms with Crippen molar-refractivity contribution in [2.45, 2.75) is 52.0 Å². The third kappa shape index (κ3) is 3.21. The Kier molecular flexibility index (Phi) is 4.43. The number of nitrogens with one attached hydrogen (secondary N) is 1. The van der Waals surface area contributed by atoms with Gasteiger partial charge in [0.2, 0.25) is 5.91 Å². The van der Waals surface area contributed by atoms with E-state index in [0.29, 0.717) is 17.9 Å². The van der Waals surface area contributed by atoms with Gasteiger partial charge in [-0.1, -0.05) is 26.7 Å². The van der Waals surface area contributed by atoms with Gasteiger partial charge in [-0.15, -0.1) is 0 Å². The molecule has 98 valence electrons. The van der Waals surface area contributed by atoms with Crippen LogP contribution in [0.1, 0.15) is 46.0 Å². The summed E-state index contributed by atoms with van der Waals surface area (Å²) in [5.41, 5.74) is 0. The lowest BCUT2D eigenvalue weighted by Gasteiger charge is -2.36. The third-order valence-corrected chi connectivity index (χ3v) is 4.13. The van der Waals surface area contributed by atoms with Crippen LogP contribution in [0.2, 0.25) is 0 Å². The van der Waals surface area contributed by atoms with E-state index in [1.807, 2.05) is 0 Å². The molecule has 1 saturated heterocycles. The summed E-state index contributed by atoms with van der Waals surface area (Å²) < 4.78 is 0. The minimum absolute atomic E-state index is 0.266. The molecule has 0 aromatic rings. The van der Waals surface area contributed by atoms with Gasteiger partial charge in [-0.05, 0) is 25.2 Å². The number of carbonyl (C=O) groups is 1. The largest absolute Gasteiger partial charge is 0.339 e. The molecule has 0 atom stereocenters. The highest BCUT2D eigenvalue weighted by atomic mass is 16.2. The number of carbonyl (C=O) groups excluding carboxylic acids is 1. The fraction of sp³-hybridized carbons (Fsp3) is 0.929. The Morgan fingerprint density at radius 3 is 2.41 bits per heavy atom. The minimum Gasteiger partial charge on any atom is -0.339 e. The van der Waals surface area contributed by atoms with Gasteiger partial charge in [-0.3, -0.25) is 4.79 Å². The zero-order chi connectivity index (χ0) is 12.3. The van der Waals surface area contributed by atoms with Crippen LogP contribution in [0.25, 0.3) is 0 Å². The van der Waals surface area contributed by atoms with Crippen molar-refractivity contribution >= 4 is 5.91 Å². The highest BCUT2D eigenvalue weighted by Gasteiger charge is 2.33. The van der Waals surface area contributed by atoms with E-state index in [0.717, 1.165) is 26.1 Å². The first-order valence-corrected chi connectivity index (χ1v) is 7.19. The van der Waals surface area contributed by atoms with Gasteiger partial charge >= 0.3 is 0 Å². The fourth-order valence-electron chi connectivity index (χ4n) is 2.78. The summed E-state index contributed by atoms with van der Waals surface area (Å²) in [5, 5.41) is 3.20. The first kappa shape index (κ1) is 12.9. The second-order valence-electron chi connectivity index (χ2n) is 6.01. The summed E-state index contributed by atoms with van der Waals surface area (Å²) in [4.78, 5) is 14.6. The summed E-state index contributed by atoms with van der Waals surface area (Å²) in [6.07, 6.45) is 6.20. The number of hydrogen-bond acceptors (Lipinski definition) is 2. The topological polar surface area (TPSA) is 32.3 Å². The Morgan fingerprint density at radius 2 is 1.94 bits per heavy atom. The molecule has 0 spiro atoms. The average molecular weight is 238 g/mol. The van der Waals surface area contributed by atoms with E-state index in [-0.39, 0.29) is 5.92 Å². The fourth-order valence-corrected chi connectivity index (χ4v) is 2.78. The molecule has 1 aliphatic heterocycles. The average Bonchev–Trinajstić information content (AvgIpc) is 2.68. The van der Waals surface area contributed by atoms with Gasteiger partial charge in [0.15, 0.2) is 0 Å². The zero-order valence-corrected chi connectivity index (χ0v) is 11.2. The van der Waals surface area contributed by atoms with Gasteiger partial charge in [-0.25, -0.2) is 0 Å². The van der Waals surface area contributed by atoms with E-state index >= 15 is 0 Å². The van der Waals surface area contributed by atoms with Crippen LogP contribution < -0.4 is 5.32 Å². The predicted octanol–water partition coefficient (Wildman–Crippen LogP) is 2.02. The molecule has 3 heteroatoms. The summed E-state index contributed by atoms with van der Waals surface area (Å²) in [6, 6.07) is 0.543. The second-order valence-corrected chi connectivity index (χ2v) is 6.01. The van der Waals surface area contributed by atoms with E-state index in [4.69, 9.17) is 0 Å². The lowest BCUT2D eigenvalue weighted by Crippen LogP contribution is -2.54. The predicted molar refractivity (Wildman–Crippen MR) is 69.8 cm³/mol. The minimum atomic E-state index is 0.266. The van der Waals surface area contributed by atoms with Gasteiger partial charge in [0.05, 0.1) is 5.92 Å². The van der Waals surface area contributed by atoms with Crippen molar-refractivity contribution in [2.24, 2.45) is 11.8 Å². The standard InChI is InChI=1S/C14H26N2O/c1-11(2)7-8-16(13-5-3-4-6-13)14(17)12-9-15-10-12/h11-13,15H,3-10H2,1-2H3. The van der Waals surface area contributed by atoms with Crippen molar-refractivity contribution in [3.05, 3.63) is 0 Å². The Balaban J connectivity index is 1.92. The molecular formula is C14H26N2O. The number of rotatable bonds is 5. The van der Waals surface area contributed by atoms with E-state index < -0.39 is 0 Å². The monoisotopic (exact) mass is 238 g/mol. The van der Waals surface area contributed by atoms with Gasteiger partial charge in [0.1, 0.15) is 0 Å². The van der Waals surface area contributed by atoms with Crippen LogP contribution in [0.4, 0.5) is 0 Å². The van der Waals surface area contributed by atoms with E-state index in [2.05, 4.69) is 24.1 Å². The SMILES string of the molecule is CC(C)CCN(C(=O)C1CNC1)C1CCCC1. The van der Waals surface area contributed by atoms with Gasteiger partial charge in [-0.2, -0.15) is 0 Å². The molecule has 0 aromatic heterocycles. The van der Waals surface area contributed by atoms with Crippen LogP contribution in [0, 0.1) is 11.8 Å². The van der Waals surface area contributed by atoms with Crippen LogP contribution in [-0.4, -0.2) is 36.5 Å². The summed E-state index contributed by atoms with van der Waals surface area (Å²) in [6.45, 7) is 7.23. The summed E-state index contributed by atoms with van der Waals surface area (Å²) >= 11 is 0. The van der Waals surface area contributed by atoms with Crippen molar-refractivity contribution in [3.63, 3.8) is 0 Å². The molecule has 2 rings (SSSR count). The quantitative estimate of drug-likeness (QED) is 0.795. The van der Waals surface area contributed by atoms with Crippen molar-refractivity contribution in [3.8, 4) is 0 Å². The van der Waals surface area contributed by atoms with Crippen molar-refractivity contribution in [1.29, 1.82) is 0 Å². The molecule has 1 N–H and O–H groups in total. The molecule has 0 unspecified atom stereocenters. The molecule has 1 amide bonds. The van der Waals surface area contributed by atoms with Crippen LogP contribution in [0.5, 0.6) is 0 Å². The molecule has 0 radical (unpaired) electrons. The van der Waals surface area contributed by atoms with E-state index in [9.17, 15) is 4.79 Å². The molecular weight excluding hydrogens is 212 g/mol. The number of nitrogens with zero attached hydrogens (tertiary/aromatic N) is 1. The smallest absolute Gasteiger partial charge is 0.228 e. The Hall–Kier alpha value is -0.570. The maximum atomic E-state index is 12.4. The molecule has 0 aromatic carbocycles. The van der Waals surface area contributed by atoms with Crippen molar-refractivity contribution in [2.75, 3.05) is 19.6 Å². The Labute approximate surface area is 105 Å². The molecule has 1 heterocycles. The van der Waals surface area contributed by atoms with Crippen LogP contribution in [0.3, 0.4) is 0 Å². The van der Waals surface area contributed by atoms with E-state index in [1.54, 1.807) is 0 Å². The summed E-state index contributed by atoms with van der Waals surface area (Å²) in [7, 11) is 0. The van der Waals surface area contributed by atoms with Crippen molar-refractivity contribution < 1.29 is 4.79 Å². The lowest BCUT2D eigenvalue weighted by atomic mass is 9.99. The maximum Gasteiger partial charge on any atom is 0.228 e. The molecule has 1 aliphatic carbocycles. The maximum absolute atomic E-state index is 12.4. The van der Waals surface area contributed by atoms with Crippen LogP contribution in [-0.2, 0) is 4.79 Å². The van der Waals surface area contributed by atoms with Crippen LogP contribution >= 0.6 is 0 Å². The molecule has 1 saturated carbocycles. The molecule has 0 bridgehead atoms. The Bertz CT molecular complexity index is 255. The van der Waals surface area contributed by atoms with Crippen molar-refractivity contribution in [1.82, 2.24) is 10.2 Å². The molecule has 17 heavy (non-hydrogen) atoms. The number of amides is 1. The molecule has 2 fully saturated rings. The molecule has 3 nitrogen and oxygen atoms in total. The highest BCUT2D eigenvalue weighted by Crippen LogP contribution is 2.26. The Morgan fingerprint density at radius 1 is 1.29 bits per heavy atom. The zero-order valence-electron chi connectivity index (χ0n) is 11.2. The number of hydrogen-bond donors (Lipinski definition) is 1. The second kappa shape index (κ2) is 5.85. The molecule has 2 aliphatic rings. The van der Waals surface area contributed by atoms with Gasteiger partial charge in [0, 0.05) is 25.7 Å².